The number of ether oxygens (including phenoxy) is 1. The fourth-order valence-corrected chi connectivity index (χ4v) is 2.51. The molecule has 2 aliphatic heterocycles. The number of hydrogen-bond donors (Lipinski definition) is 1. The second kappa shape index (κ2) is 4.52. The van der Waals surface area contributed by atoms with Crippen molar-refractivity contribution in [3.63, 3.8) is 0 Å². The van der Waals surface area contributed by atoms with E-state index in [1.54, 1.807) is 9.80 Å². The number of urea groups is 1. The van der Waals surface area contributed by atoms with Gasteiger partial charge in [-0.3, -0.25) is 4.79 Å². The number of nitrogens with zero attached hydrogens (tertiary/aromatic N) is 2. The van der Waals surface area contributed by atoms with Gasteiger partial charge in [-0.25, -0.2) is 4.79 Å². The van der Waals surface area contributed by atoms with Crippen LogP contribution in [-0.4, -0.2) is 66.7 Å². The van der Waals surface area contributed by atoms with E-state index in [4.69, 9.17) is 4.74 Å². The van der Waals surface area contributed by atoms with Crippen molar-refractivity contribution in [1.82, 2.24) is 15.1 Å². The molecule has 96 valence electrons. The molecule has 2 atom stereocenters. The minimum Gasteiger partial charge on any atom is -0.468 e. The third kappa shape index (κ3) is 1.97. The molecule has 2 aliphatic rings. The van der Waals surface area contributed by atoms with Crippen LogP contribution in [0.15, 0.2) is 0 Å². The molecular weight excluding hydrogens is 222 g/mol. The van der Waals surface area contributed by atoms with E-state index in [1.807, 2.05) is 13.8 Å². The van der Waals surface area contributed by atoms with Crippen LogP contribution in [0.2, 0.25) is 0 Å². The van der Waals surface area contributed by atoms with Crippen molar-refractivity contribution in [2.45, 2.75) is 32.0 Å². The highest BCUT2D eigenvalue weighted by Crippen LogP contribution is 2.23. The number of carbonyl (C=O) groups excluding carboxylic acids is 2. The highest BCUT2D eigenvalue weighted by atomic mass is 16.5. The quantitative estimate of drug-likeness (QED) is 0.671. The van der Waals surface area contributed by atoms with Gasteiger partial charge in [0.05, 0.1) is 13.2 Å². The maximum atomic E-state index is 12.1. The average molecular weight is 241 g/mol. The van der Waals surface area contributed by atoms with Crippen LogP contribution in [0.4, 0.5) is 4.79 Å². The SMILES string of the molecule is COC(=O)[C@H]1NCCN2C(=O)N(C(C)C)C[C@@H]12. The van der Waals surface area contributed by atoms with Gasteiger partial charge in [0.1, 0.15) is 6.04 Å². The summed E-state index contributed by atoms with van der Waals surface area (Å²) in [5.41, 5.74) is 0. The van der Waals surface area contributed by atoms with Gasteiger partial charge in [-0.15, -0.1) is 0 Å². The molecule has 2 amide bonds. The summed E-state index contributed by atoms with van der Waals surface area (Å²) in [5.74, 6) is -0.293. The topological polar surface area (TPSA) is 61.9 Å². The molecule has 2 rings (SSSR count). The number of fused-ring (bicyclic) bond motifs is 1. The van der Waals surface area contributed by atoms with E-state index in [0.29, 0.717) is 19.6 Å². The summed E-state index contributed by atoms with van der Waals surface area (Å²) in [4.78, 5) is 27.3. The largest absolute Gasteiger partial charge is 0.468 e. The zero-order valence-corrected chi connectivity index (χ0v) is 10.5. The van der Waals surface area contributed by atoms with Crippen LogP contribution in [0.3, 0.4) is 0 Å². The van der Waals surface area contributed by atoms with Crippen LogP contribution in [0.5, 0.6) is 0 Å². The first-order chi connectivity index (χ1) is 8.06. The Kier molecular flexibility index (Phi) is 3.24. The summed E-state index contributed by atoms with van der Waals surface area (Å²) in [6, 6.07) is -0.320. The van der Waals surface area contributed by atoms with Crippen LogP contribution < -0.4 is 5.32 Å². The van der Waals surface area contributed by atoms with E-state index in [1.165, 1.54) is 7.11 Å². The Bertz CT molecular complexity index is 332. The van der Waals surface area contributed by atoms with Crippen molar-refractivity contribution in [3.05, 3.63) is 0 Å². The lowest BCUT2D eigenvalue weighted by atomic mass is 10.1. The first-order valence-electron chi connectivity index (χ1n) is 5.94. The predicted molar refractivity (Wildman–Crippen MR) is 61.5 cm³/mol. The Morgan fingerprint density at radius 1 is 1.53 bits per heavy atom. The zero-order chi connectivity index (χ0) is 12.6. The highest BCUT2D eigenvalue weighted by molar-refractivity contribution is 5.82. The Morgan fingerprint density at radius 3 is 2.82 bits per heavy atom. The first-order valence-corrected chi connectivity index (χ1v) is 5.94. The standard InChI is InChI=1S/C11H19N3O3/c1-7(2)14-6-8-9(10(15)17-3)12-4-5-13(8)11(14)16/h7-9,12H,4-6H2,1-3H3/t8-,9-/m0/s1. The second-order valence-electron chi connectivity index (χ2n) is 4.74. The Labute approximate surface area is 101 Å². The third-order valence-corrected chi connectivity index (χ3v) is 3.46. The highest BCUT2D eigenvalue weighted by Gasteiger charge is 2.46. The van der Waals surface area contributed by atoms with E-state index in [9.17, 15) is 9.59 Å². The number of amides is 2. The molecule has 1 N–H and O–H groups in total. The molecule has 0 spiro atoms. The van der Waals surface area contributed by atoms with E-state index in [2.05, 4.69) is 5.32 Å². The van der Waals surface area contributed by atoms with Crippen molar-refractivity contribution in [1.29, 1.82) is 0 Å². The molecule has 0 aromatic rings. The number of methoxy groups -OCH3 is 1. The van der Waals surface area contributed by atoms with Crippen molar-refractivity contribution in [3.8, 4) is 0 Å². The minimum atomic E-state index is -0.401. The lowest BCUT2D eigenvalue weighted by molar-refractivity contribution is -0.145. The van der Waals surface area contributed by atoms with Crippen molar-refractivity contribution in [2.24, 2.45) is 0 Å². The van der Waals surface area contributed by atoms with Crippen LogP contribution in [0, 0.1) is 0 Å². The third-order valence-electron chi connectivity index (χ3n) is 3.46. The van der Waals surface area contributed by atoms with E-state index in [0.717, 1.165) is 0 Å². The lowest BCUT2D eigenvalue weighted by Gasteiger charge is -2.34. The molecule has 0 unspecified atom stereocenters. The number of nitrogens with one attached hydrogen (secondary N) is 1. The van der Waals surface area contributed by atoms with Gasteiger partial charge in [-0.05, 0) is 13.8 Å². The molecule has 17 heavy (non-hydrogen) atoms. The monoisotopic (exact) mass is 241 g/mol. The maximum Gasteiger partial charge on any atom is 0.325 e. The van der Waals surface area contributed by atoms with Gasteiger partial charge in [0, 0.05) is 25.7 Å². The number of esters is 1. The van der Waals surface area contributed by atoms with Gasteiger partial charge < -0.3 is 19.9 Å². The molecule has 0 saturated carbocycles. The number of rotatable bonds is 2. The molecule has 2 fully saturated rings. The van der Waals surface area contributed by atoms with E-state index < -0.39 is 6.04 Å². The van der Waals surface area contributed by atoms with E-state index >= 15 is 0 Å². The molecule has 0 bridgehead atoms. The zero-order valence-electron chi connectivity index (χ0n) is 10.5. The van der Waals surface area contributed by atoms with Crippen molar-refractivity contribution < 1.29 is 14.3 Å². The normalized spacial score (nSPS) is 28.6. The predicted octanol–water partition coefficient (Wildman–Crippen LogP) is -0.354. The van der Waals surface area contributed by atoms with Crippen molar-refractivity contribution in [2.75, 3.05) is 26.7 Å². The van der Waals surface area contributed by atoms with Gasteiger partial charge in [0.25, 0.3) is 0 Å². The fourth-order valence-electron chi connectivity index (χ4n) is 2.51. The number of carbonyl (C=O) groups is 2. The summed E-state index contributed by atoms with van der Waals surface area (Å²) in [7, 11) is 1.37. The maximum absolute atomic E-state index is 12.1. The smallest absolute Gasteiger partial charge is 0.325 e. The average Bonchev–Trinajstić information content (AvgIpc) is 2.66. The molecule has 0 radical (unpaired) electrons. The van der Waals surface area contributed by atoms with Crippen molar-refractivity contribution >= 4 is 12.0 Å². The summed E-state index contributed by atoms with van der Waals surface area (Å²) >= 11 is 0. The molecule has 2 heterocycles. The lowest BCUT2D eigenvalue weighted by Crippen LogP contribution is -2.60. The molecule has 0 aromatic carbocycles. The number of hydrogen-bond acceptors (Lipinski definition) is 4. The van der Waals surface area contributed by atoms with Gasteiger partial charge in [-0.2, -0.15) is 0 Å². The first kappa shape index (κ1) is 12.2. The minimum absolute atomic E-state index is 0.0282. The Balaban J connectivity index is 2.17. The molecular formula is C11H19N3O3. The second-order valence-corrected chi connectivity index (χ2v) is 4.74. The molecule has 6 heteroatoms. The van der Waals surface area contributed by atoms with Gasteiger partial charge in [0.15, 0.2) is 0 Å². The van der Waals surface area contributed by atoms with E-state index in [-0.39, 0.29) is 24.1 Å². The molecule has 6 nitrogen and oxygen atoms in total. The Morgan fingerprint density at radius 2 is 2.24 bits per heavy atom. The van der Waals surface area contributed by atoms with Gasteiger partial charge >= 0.3 is 12.0 Å². The molecule has 0 aliphatic carbocycles. The van der Waals surface area contributed by atoms with Crippen LogP contribution in [-0.2, 0) is 9.53 Å². The Hall–Kier alpha value is -1.30. The summed E-state index contributed by atoms with van der Waals surface area (Å²) in [5, 5.41) is 3.13. The number of piperazine rings is 1. The molecule has 2 saturated heterocycles. The van der Waals surface area contributed by atoms with Crippen LogP contribution in [0.25, 0.3) is 0 Å². The van der Waals surface area contributed by atoms with Crippen LogP contribution in [0.1, 0.15) is 13.8 Å². The summed E-state index contributed by atoms with van der Waals surface area (Å²) in [6.45, 7) is 5.84. The molecule has 0 aromatic heterocycles. The van der Waals surface area contributed by atoms with Crippen LogP contribution >= 0.6 is 0 Å². The summed E-state index contributed by atoms with van der Waals surface area (Å²) in [6.07, 6.45) is 0. The fraction of sp³-hybridized carbons (Fsp3) is 0.818. The van der Waals surface area contributed by atoms with Gasteiger partial charge in [-0.1, -0.05) is 0 Å². The van der Waals surface area contributed by atoms with Gasteiger partial charge in [0.2, 0.25) is 0 Å². The summed E-state index contributed by atoms with van der Waals surface area (Å²) < 4.78 is 4.77.